The molecule has 0 spiro atoms. The summed E-state index contributed by atoms with van der Waals surface area (Å²) in [4.78, 5) is 0. The minimum absolute atomic E-state index is 0. The van der Waals surface area contributed by atoms with E-state index in [-0.39, 0.29) is 18.6 Å². The third kappa shape index (κ3) is 9.13. The smallest absolute Gasteiger partial charge is 0.269 e. The van der Waals surface area contributed by atoms with Gasteiger partial charge in [0, 0.05) is 0 Å². The van der Waals surface area contributed by atoms with Gasteiger partial charge in [-0.25, -0.2) is 23.3 Å². The predicted octanol–water partition coefficient (Wildman–Crippen LogP) is 5.73. The van der Waals surface area contributed by atoms with Crippen LogP contribution in [-0.4, -0.2) is 0 Å². The second-order valence-electron chi connectivity index (χ2n) is 4.82. The van der Waals surface area contributed by atoms with Crippen LogP contribution in [0, 0.1) is 12.2 Å². The van der Waals surface area contributed by atoms with Gasteiger partial charge in [0.1, 0.15) is 0 Å². The molecule has 0 fully saturated rings. The van der Waals surface area contributed by atoms with Crippen LogP contribution in [0.25, 0.3) is 0 Å². The average molecular weight is 293 g/mol. The summed E-state index contributed by atoms with van der Waals surface area (Å²) in [5.74, 6) is 0. The fraction of sp³-hybridized carbons (Fsp3) is 0.556. The molecule has 1 radical (unpaired) electrons. The zero-order valence-electron chi connectivity index (χ0n) is 12.4. The first-order chi connectivity index (χ1) is 8.86. The first kappa shape index (κ1) is 18.5. The molecule has 0 saturated heterocycles. The van der Waals surface area contributed by atoms with Crippen molar-refractivity contribution in [1.29, 1.82) is 0 Å². The Labute approximate surface area is 131 Å². The molecule has 2 aliphatic carbocycles. The molecule has 19 heavy (non-hydrogen) atoms. The van der Waals surface area contributed by atoms with E-state index < -0.39 is 0 Å². The molecule has 0 aromatic rings. The van der Waals surface area contributed by atoms with Crippen LogP contribution in [-0.2, 0) is 18.6 Å². The number of hydrogen-bond donors (Lipinski definition) is 0. The van der Waals surface area contributed by atoms with Crippen molar-refractivity contribution in [2.24, 2.45) is 0 Å². The van der Waals surface area contributed by atoms with Crippen LogP contribution in [0.3, 0.4) is 0 Å². The molecule has 0 bridgehead atoms. The third-order valence-electron chi connectivity index (χ3n) is 3.13. The van der Waals surface area contributed by atoms with Gasteiger partial charge in [-0.05, 0) is 0 Å². The normalized spacial score (nSPS) is 15.5. The molecular formula is C18H26V. The molecule has 0 amide bonds. The number of unbranched alkanes of at least 4 members (excludes halogenated alkanes) is 2. The van der Waals surface area contributed by atoms with Crippen molar-refractivity contribution in [3.63, 3.8) is 0 Å². The molecular weight excluding hydrogens is 267 g/mol. The van der Waals surface area contributed by atoms with Gasteiger partial charge in [-0.15, -0.1) is 12.8 Å². The molecule has 0 aromatic carbocycles. The van der Waals surface area contributed by atoms with Crippen LogP contribution >= 0.6 is 0 Å². The molecule has 0 aliphatic heterocycles. The molecule has 1 heteroatoms. The first-order valence-corrected chi connectivity index (χ1v) is 7.39. The van der Waals surface area contributed by atoms with E-state index in [0.717, 1.165) is 12.8 Å². The number of hydrogen-bond acceptors (Lipinski definition) is 0. The van der Waals surface area contributed by atoms with E-state index in [1.165, 1.54) is 49.7 Å². The van der Waals surface area contributed by atoms with Gasteiger partial charge in [-0.2, -0.15) is 12.2 Å². The van der Waals surface area contributed by atoms with Crippen molar-refractivity contribution in [3.8, 4) is 0 Å². The van der Waals surface area contributed by atoms with Gasteiger partial charge >= 0.3 is 18.6 Å². The van der Waals surface area contributed by atoms with Crippen LogP contribution in [0.2, 0.25) is 0 Å². The standard InChI is InChI=1S/2C9H13.V/c2*1-2-3-6-9-7-4-5-8-9;/h2*4,7H,2-3,5-6H2,1H3;/q2*-1;+2. The maximum Gasteiger partial charge on any atom is 2.00 e. The molecule has 0 atom stereocenters. The molecule has 0 saturated carbocycles. The Morgan fingerprint density at radius 3 is 1.53 bits per heavy atom. The molecule has 0 aromatic heterocycles. The first-order valence-electron chi connectivity index (χ1n) is 7.39. The molecule has 103 valence electrons. The summed E-state index contributed by atoms with van der Waals surface area (Å²) in [6, 6.07) is 0. The van der Waals surface area contributed by atoms with Gasteiger partial charge in [-0.1, -0.05) is 52.4 Å². The Morgan fingerprint density at radius 2 is 1.26 bits per heavy atom. The van der Waals surface area contributed by atoms with Crippen molar-refractivity contribution < 1.29 is 18.6 Å². The van der Waals surface area contributed by atoms with Crippen LogP contribution in [0.5, 0.6) is 0 Å². The molecule has 0 N–H and O–H groups in total. The molecule has 2 aliphatic rings. The monoisotopic (exact) mass is 293 g/mol. The summed E-state index contributed by atoms with van der Waals surface area (Å²) >= 11 is 0. The number of allylic oxidation sites excluding steroid dienone is 8. The van der Waals surface area contributed by atoms with Crippen LogP contribution in [0.15, 0.2) is 35.5 Å². The van der Waals surface area contributed by atoms with E-state index in [9.17, 15) is 0 Å². The molecule has 0 heterocycles. The van der Waals surface area contributed by atoms with Crippen molar-refractivity contribution in [2.45, 2.75) is 65.2 Å². The van der Waals surface area contributed by atoms with Crippen LogP contribution in [0.4, 0.5) is 0 Å². The SMILES string of the molecule is CCCCC1=[C-]CC=C1.CCCCC1=[C-]CC=C1.[V+2]. The minimum atomic E-state index is 0. The molecule has 0 unspecified atom stereocenters. The van der Waals surface area contributed by atoms with E-state index in [0.29, 0.717) is 0 Å². The Morgan fingerprint density at radius 1 is 0.842 bits per heavy atom. The van der Waals surface area contributed by atoms with Crippen molar-refractivity contribution in [3.05, 3.63) is 47.6 Å². The minimum Gasteiger partial charge on any atom is -0.269 e. The summed E-state index contributed by atoms with van der Waals surface area (Å²) in [6.07, 6.45) is 25.1. The second kappa shape index (κ2) is 12.6. The van der Waals surface area contributed by atoms with Gasteiger partial charge in [-0.3, -0.25) is 12.2 Å². The quantitative estimate of drug-likeness (QED) is 0.549. The van der Waals surface area contributed by atoms with Crippen molar-refractivity contribution in [1.82, 2.24) is 0 Å². The van der Waals surface area contributed by atoms with Gasteiger partial charge < -0.3 is 0 Å². The second-order valence-corrected chi connectivity index (χ2v) is 4.82. The summed E-state index contributed by atoms with van der Waals surface area (Å²) in [7, 11) is 0. The maximum absolute atomic E-state index is 3.30. The Hall–Kier alpha value is -0.456. The van der Waals surface area contributed by atoms with Gasteiger partial charge in [0.15, 0.2) is 0 Å². The Balaban J connectivity index is 0.000000324. The largest absolute Gasteiger partial charge is 2.00 e. The summed E-state index contributed by atoms with van der Waals surface area (Å²) in [6.45, 7) is 4.44. The zero-order chi connectivity index (χ0) is 13.1. The predicted molar refractivity (Wildman–Crippen MR) is 80.1 cm³/mol. The maximum atomic E-state index is 3.30. The summed E-state index contributed by atoms with van der Waals surface area (Å²) in [5, 5.41) is 0. The van der Waals surface area contributed by atoms with E-state index in [2.05, 4.69) is 50.3 Å². The Bertz CT molecular complexity index is 298. The van der Waals surface area contributed by atoms with Crippen LogP contribution < -0.4 is 0 Å². The fourth-order valence-corrected chi connectivity index (χ4v) is 1.98. The fourth-order valence-electron chi connectivity index (χ4n) is 1.98. The number of rotatable bonds is 6. The van der Waals surface area contributed by atoms with E-state index in [4.69, 9.17) is 0 Å². The zero-order valence-corrected chi connectivity index (χ0v) is 13.8. The van der Waals surface area contributed by atoms with Crippen molar-refractivity contribution >= 4 is 0 Å². The van der Waals surface area contributed by atoms with Gasteiger partial charge in [0.25, 0.3) is 0 Å². The molecule has 0 nitrogen and oxygen atoms in total. The third-order valence-corrected chi connectivity index (χ3v) is 3.13. The summed E-state index contributed by atoms with van der Waals surface area (Å²) < 4.78 is 0. The van der Waals surface area contributed by atoms with Crippen LogP contribution in [0.1, 0.15) is 65.2 Å². The van der Waals surface area contributed by atoms with E-state index >= 15 is 0 Å². The molecule has 2 rings (SSSR count). The van der Waals surface area contributed by atoms with Gasteiger partial charge in [0.05, 0.1) is 0 Å². The van der Waals surface area contributed by atoms with Gasteiger partial charge in [0.2, 0.25) is 0 Å². The topological polar surface area (TPSA) is 0 Å². The van der Waals surface area contributed by atoms with Crippen molar-refractivity contribution in [2.75, 3.05) is 0 Å². The Kier molecular flexibility index (Phi) is 12.3. The van der Waals surface area contributed by atoms with E-state index in [1.807, 2.05) is 0 Å². The van der Waals surface area contributed by atoms with E-state index in [1.54, 1.807) is 0 Å². The summed E-state index contributed by atoms with van der Waals surface area (Å²) in [5.41, 5.74) is 2.83. The average Bonchev–Trinajstić information content (AvgIpc) is 3.07.